The van der Waals surface area contributed by atoms with Crippen LogP contribution in [0, 0.1) is 11.7 Å². The van der Waals surface area contributed by atoms with Crippen molar-refractivity contribution in [1.29, 1.82) is 0 Å². The summed E-state index contributed by atoms with van der Waals surface area (Å²) >= 11 is 0. The van der Waals surface area contributed by atoms with E-state index < -0.39 is 35.7 Å². The number of hydrogen-bond acceptors (Lipinski definition) is 2. The van der Waals surface area contributed by atoms with Crippen molar-refractivity contribution in [3.05, 3.63) is 106 Å². The number of benzene rings is 3. The second-order valence-corrected chi connectivity index (χ2v) is 11.6. The van der Waals surface area contributed by atoms with E-state index in [2.05, 4.69) is 29.2 Å². The highest BCUT2D eigenvalue weighted by Crippen LogP contribution is 2.45. The lowest BCUT2D eigenvalue weighted by molar-refractivity contribution is -0.143. The summed E-state index contributed by atoms with van der Waals surface area (Å²) in [6, 6.07) is 18.2. The molecule has 0 spiro atoms. The molecule has 42 heavy (non-hydrogen) atoms. The van der Waals surface area contributed by atoms with Gasteiger partial charge in [0.2, 0.25) is 0 Å². The number of hydrogen-bond donors (Lipinski definition) is 0. The third kappa shape index (κ3) is 7.17. The van der Waals surface area contributed by atoms with E-state index in [0.717, 1.165) is 56.6 Å². The number of halogens is 7. The molecule has 0 amide bonds. The van der Waals surface area contributed by atoms with Gasteiger partial charge in [0, 0.05) is 12.5 Å². The predicted molar refractivity (Wildman–Crippen MR) is 146 cm³/mol. The zero-order valence-electron chi connectivity index (χ0n) is 23.3. The van der Waals surface area contributed by atoms with Gasteiger partial charge in [-0.25, -0.2) is 4.39 Å². The second-order valence-electron chi connectivity index (χ2n) is 11.6. The summed E-state index contributed by atoms with van der Waals surface area (Å²) in [5.41, 5.74) is -0.702. The topological polar surface area (TPSA) is 12.5 Å². The highest BCUT2D eigenvalue weighted by atomic mass is 19.4. The molecule has 1 saturated carbocycles. The monoisotopic (exact) mass is 593 g/mol. The lowest BCUT2D eigenvalue weighted by Gasteiger charge is -2.36. The van der Waals surface area contributed by atoms with Crippen molar-refractivity contribution in [3.8, 4) is 0 Å². The lowest BCUT2D eigenvalue weighted by Crippen LogP contribution is -2.38. The van der Waals surface area contributed by atoms with Gasteiger partial charge in [0.05, 0.1) is 23.3 Å². The fourth-order valence-electron chi connectivity index (χ4n) is 6.63. The van der Waals surface area contributed by atoms with Crippen LogP contribution in [0.3, 0.4) is 0 Å². The highest BCUT2D eigenvalue weighted by Gasteiger charge is 2.41. The number of nitrogens with zero attached hydrogens (tertiary/aromatic N) is 1. The van der Waals surface area contributed by atoms with Gasteiger partial charge in [-0.3, -0.25) is 0 Å². The van der Waals surface area contributed by atoms with E-state index in [9.17, 15) is 30.7 Å². The molecule has 2 nitrogen and oxygen atoms in total. The van der Waals surface area contributed by atoms with Crippen molar-refractivity contribution < 1.29 is 35.5 Å². The van der Waals surface area contributed by atoms with E-state index in [1.165, 1.54) is 24.6 Å². The van der Waals surface area contributed by atoms with E-state index in [-0.39, 0.29) is 29.3 Å². The van der Waals surface area contributed by atoms with Crippen LogP contribution in [0.1, 0.15) is 78.4 Å². The zero-order chi connectivity index (χ0) is 30.1. The van der Waals surface area contributed by atoms with Crippen LogP contribution in [0.4, 0.5) is 30.7 Å². The molecule has 0 N–H and O–H groups in total. The Balaban J connectivity index is 1.33. The van der Waals surface area contributed by atoms with E-state index in [4.69, 9.17) is 4.74 Å². The lowest BCUT2D eigenvalue weighted by atomic mass is 9.85. The van der Waals surface area contributed by atoms with E-state index in [0.29, 0.717) is 12.3 Å². The molecule has 5 rings (SSSR count). The average Bonchev–Trinajstić information content (AvgIpc) is 3.34. The smallest absolute Gasteiger partial charge is 0.370 e. The van der Waals surface area contributed by atoms with Crippen LogP contribution in [0.5, 0.6) is 0 Å². The van der Waals surface area contributed by atoms with Gasteiger partial charge in [0.25, 0.3) is 0 Å². The maximum absolute atomic E-state index is 13.8. The summed E-state index contributed by atoms with van der Waals surface area (Å²) in [5, 5.41) is 0. The first kappa shape index (κ1) is 30.5. The number of rotatable bonds is 7. The molecule has 9 heteroatoms. The first-order chi connectivity index (χ1) is 19.9. The predicted octanol–water partition coefficient (Wildman–Crippen LogP) is 9.38. The maximum Gasteiger partial charge on any atom is 0.416 e. The van der Waals surface area contributed by atoms with Crippen LogP contribution in [0.15, 0.2) is 72.8 Å². The molecule has 1 saturated heterocycles. The van der Waals surface area contributed by atoms with Gasteiger partial charge in [0.1, 0.15) is 5.82 Å². The summed E-state index contributed by atoms with van der Waals surface area (Å²) < 4.78 is 101. The normalized spacial score (nSPS) is 23.3. The molecule has 0 radical (unpaired) electrons. The SMILES string of the molecule is C[C@@H](O[C@H]1CC[C@H](CN2CCC(c3ccccc3)CC2)[C@H]1c1ccc(F)cc1)c1cc(C(F)(F)F)cc(C(F)(F)F)c1. The van der Waals surface area contributed by atoms with Gasteiger partial charge in [-0.2, -0.15) is 26.3 Å². The van der Waals surface area contributed by atoms with Crippen LogP contribution in [0.2, 0.25) is 0 Å². The van der Waals surface area contributed by atoms with Gasteiger partial charge in [-0.1, -0.05) is 42.5 Å². The minimum absolute atomic E-state index is 0.129. The summed E-state index contributed by atoms with van der Waals surface area (Å²) in [4.78, 5) is 2.43. The summed E-state index contributed by atoms with van der Waals surface area (Å²) in [7, 11) is 0. The Hall–Kier alpha value is -2.91. The highest BCUT2D eigenvalue weighted by molar-refractivity contribution is 5.35. The van der Waals surface area contributed by atoms with Crippen LogP contribution >= 0.6 is 0 Å². The summed E-state index contributed by atoms with van der Waals surface area (Å²) in [5.74, 6) is 0.0941. The van der Waals surface area contributed by atoms with Crippen molar-refractivity contribution >= 4 is 0 Å². The largest absolute Gasteiger partial charge is 0.416 e. The third-order valence-corrected chi connectivity index (χ3v) is 8.79. The van der Waals surface area contributed by atoms with E-state index >= 15 is 0 Å². The second kappa shape index (κ2) is 12.4. The Kier molecular flexibility index (Phi) is 8.99. The maximum atomic E-state index is 13.8. The van der Waals surface area contributed by atoms with Crippen LogP contribution in [-0.2, 0) is 17.1 Å². The number of ether oxygens (including phenoxy) is 1. The average molecular weight is 594 g/mol. The minimum Gasteiger partial charge on any atom is -0.370 e. The molecule has 4 atom stereocenters. The molecule has 0 unspecified atom stereocenters. The number of likely N-dealkylation sites (tertiary alicyclic amines) is 1. The summed E-state index contributed by atoms with van der Waals surface area (Å²) in [6.45, 7) is 4.13. The van der Waals surface area contributed by atoms with Crippen LogP contribution in [0.25, 0.3) is 0 Å². The Morgan fingerprint density at radius 2 is 1.36 bits per heavy atom. The molecule has 2 aliphatic rings. The first-order valence-corrected chi connectivity index (χ1v) is 14.4. The van der Waals surface area contributed by atoms with Crippen molar-refractivity contribution in [2.75, 3.05) is 19.6 Å². The first-order valence-electron chi connectivity index (χ1n) is 14.4. The van der Waals surface area contributed by atoms with Crippen molar-refractivity contribution in [2.45, 2.75) is 69.0 Å². The Morgan fingerprint density at radius 1 is 0.762 bits per heavy atom. The third-order valence-electron chi connectivity index (χ3n) is 8.79. The van der Waals surface area contributed by atoms with Gasteiger partial charge in [0.15, 0.2) is 0 Å². The molecule has 0 aromatic heterocycles. The molecule has 1 heterocycles. The number of alkyl halides is 6. The van der Waals surface area contributed by atoms with Crippen molar-refractivity contribution in [2.24, 2.45) is 5.92 Å². The fraction of sp³-hybridized carbons (Fsp3) is 0.455. The van der Waals surface area contributed by atoms with E-state index in [1.54, 1.807) is 12.1 Å². The molecular weight excluding hydrogens is 559 g/mol. The van der Waals surface area contributed by atoms with Crippen LogP contribution in [-0.4, -0.2) is 30.6 Å². The molecule has 1 aliphatic heterocycles. The molecule has 226 valence electrons. The summed E-state index contributed by atoms with van der Waals surface area (Å²) in [6.07, 6.45) is -7.87. The number of piperidine rings is 1. The van der Waals surface area contributed by atoms with Gasteiger partial charge >= 0.3 is 12.4 Å². The van der Waals surface area contributed by atoms with Crippen molar-refractivity contribution in [1.82, 2.24) is 4.90 Å². The molecule has 1 aliphatic carbocycles. The quantitative estimate of drug-likeness (QED) is 0.253. The van der Waals surface area contributed by atoms with Crippen molar-refractivity contribution in [3.63, 3.8) is 0 Å². The van der Waals surface area contributed by atoms with Gasteiger partial charge < -0.3 is 9.64 Å². The standard InChI is InChI=1S/C33H34F7NO/c1-21(26-17-27(32(35,36)37)19-28(18-26)33(38,39)40)42-30-12-9-25(31(30)24-7-10-29(34)11-8-24)20-41-15-13-23(14-16-41)22-5-3-2-4-6-22/h2-8,10-11,17-19,21,23,25,30-31H,9,12-16,20H2,1H3/t21-,25-,30+,31-/m1/s1. The fourth-order valence-corrected chi connectivity index (χ4v) is 6.63. The molecule has 0 bridgehead atoms. The Morgan fingerprint density at radius 3 is 1.93 bits per heavy atom. The Bertz CT molecular complexity index is 1280. The van der Waals surface area contributed by atoms with Gasteiger partial charge in [-0.05, 0) is 105 Å². The zero-order valence-corrected chi connectivity index (χ0v) is 23.3. The molecular formula is C33H34F7NO. The van der Waals surface area contributed by atoms with Crippen LogP contribution < -0.4 is 0 Å². The minimum atomic E-state index is -4.93. The molecule has 3 aromatic carbocycles. The Labute approximate surface area is 241 Å². The molecule has 2 fully saturated rings. The molecule has 3 aromatic rings. The van der Waals surface area contributed by atoms with Gasteiger partial charge in [-0.15, -0.1) is 0 Å². The van der Waals surface area contributed by atoms with E-state index in [1.807, 2.05) is 6.07 Å².